The molecule has 39 valence electrons. The molecular weight excluding hydrogens is 221 g/mol. The summed E-state index contributed by atoms with van der Waals surface area (Å²) in [4.78, 5) is 0. The molecule has 0 nitrogen and oxygen atoms in total. The van der Waals surface area contributed by atoms with Crippen molar-refractivity contribution in [1.29, 1.82) is 0 Å². The second-order valence-corrected chi connectivity index (χ2v) is 5.62. The van der Waals surface area contributed by atoms with Crippen molar-refractivity contribution in [1.82, 2.24) is 0 Å². The molecule has 0 aromatic rings. The maximum absolute atomic E-state index is 4.89. The van der Waals surface area contributed by atoms with Crippen LogP contribution in [0.1, 0.15) is 0 Å². The van der Waals surface area contributed by atoms with Gasteiger partial charge in [-0.05, 0) is 0 Å². The van der Waals surface area contributed by atoms with E-state index in [1.54, 1.807) is 0 Å². The molecular formula is Cl3FeNi. The van der Waals surface area contributed by atoms with Crippen molar-refractivity contribution in [3.63, 3.8) is 0 Å². The molecule has 0 heterocycles. The molecule has 5 heteroatoms. The Kier molecular flexibility index (Phi) is 11.8. The summed E-state index contributed by atoms with van der Waals surface area (Å²) in [6.45, 7) is 0. The van der Waals surface area contributed by atoms with Crippen molar-refractivity contribution in [2.24, 2.45) is 0 Å². The van der Waals surface area contributed by atoms with Gasteiger partial charge < -0.3 is 0 Å². The van der Waals surface area contributed by atoms with Crippen LogP contribution in [0.2, 0.25) is 0 Å². The molecule has 0 unspecified atom stereocenters. The molecule has 0 bridgehead atoms. The van der Waals surface area contributed by atoms with Gasteiger partial charge in [-0.15, -0.1) is 0 Å². The molecule has 0 N–H and O–H groups in total. The summed E-state index contributed by atoms with van der Waals surface area (Å²) in [5.74, 6) is 0. The molecule has 0 rings (SSSR count). The fourth-order valence-electron chi connectivity index (χ4n) is 0. The molecule has 0 aromatic heterocycles. The van der Waals surface area contributed by atoms with Gasteiger partial charge in [-0.3, -0.25) is 0 Å². The first-order valence-electron chi connectivity index (χ1n) is 0.401. The Hall–Kier alpha value is 1.88. The van der Waals surface area contributed by atoms with Crippen LogP contribution in [-0.4, -0.2) is 0 Å². The van der Waals surface area contributed by atoms with Crippen LogP contribution in [0.3, 0.4) is 0 Å². The number of hydrogen-bond acceptors (Lipinski definition) is 0. The van der Waals surface area contributed by atoms with Crippen LogP contribution in [0.15, 0.2) is 0 Å². The summed E-state index contributed by atoms with van der Waals surface area (Å²) in [5, 5.41) is 0. The van der Waals surface area contributed by atoms with Crippen LogP contribution < -0.4 is 0 Å². The van der Waals surface area contributed by atoms with Gasteiger partial charge in [0.1, 0.15) is 0 Å². The maximum Gasteiger partial charge on any atom is 0 e. The monoisotopic (exact) mass is 219 g/mol. The largest absolute Gasteiger partial charge is 0 e. The van der Waals surface area contributed by atoms with E-state index >= 15 is 0 Å². The van der Waals surface area contributed by atoms with E-state index in [0.717, 1.165) is 0 Å². The molecule has 0 atom stereocenters. The Balaban J connectivity index is 0. The van der Waals surface area contributed by atoms with Crippen LogP contribution in [-0.2, 0) is 27.7 Å². The van der Waals surface area contributed by atoms with Gasteiger partial charge in [0.2, 0.25) is 0 Å². The normalized spacial score (nSPS) is 9.00. The van der Waals surface area contributed by atoms with Crippen molar-refractivity contribution < 1.29 is 27.7 Å². The molecule has 0 radical (unpaired) electrons. The average molecular weight is 221 g/mol. The Morgan fingerprint density at radius 1 is 1.00 bits per heavy atom. The van der Waals surface area contributed by atoms with Gasteiger partial charge in [0.15, 0.2) is 0 Å². The molecule has 0 saturated heterocycles. The van der Waals surface area contributed by atoms with Crippen molar-refractivity contribution in [2.45, 2.75) is 0 Å². The predicted molar refractivity (Wildman–Crippen MR) is 17.6 cm³/mol. The van der Waals surface area contributed by atoms with Gasteiger partial charge in [-0.25, -0.2) is 0 Å². The van der Waals surface area contributed by atoms with Gasteiger partial charge in [0.25, 0.3) is 0 Å². The summed E-state index contributed by atoms with van der Waals surface area (Å²) in [7, 11) is 14.7. The SMILES string of the molecule is [Cl][Fe]([Cl])[Cl].[Ni]. The minimum absolute atomic E-state index is 0. The fraction of sp³-hybridized carbons (Fsp3) is 0. The minimum atomic E-state index is -1.33. The van der Waals surface area contributed by atoms with Crippen LogP contribution >= 0.6 is 30.3 Å². The molecule has 0 spiro atoms. The predicted octanol–water partition coefficient (Wildman–Crippen LogP) is 2.06. The average Bonchev–Trinajstić information content (AvgIpc) is 0.811. The molecule has 0 aliphatic carbocycles. The van der Waals surface area contributed by atoms with Crippen LogP contribution in [0, 0.1) is 0 Å². The van der Waals surface area contributed by atoms with Gasteiger partial charge in [0.05, 0.1) is 0 Å². The first kappa shape index (κ1) is 9.99. The zero-order valence-electron chi connectivity index (χ0n) is 1.80. The van der Waals surface area contributed by atoms with Gasteiger partial charge >= 0.3 is 41.5 Å². The van der Waals surface area contributed by atoms with Crippen LogP contribution in [0.25, 0.3) is 0 Å². The van der Waals surface area contributed by atoms with E-state index in [-0.39, 0.29) is 16.5 Å². The van der Waals surface area contributed by atoms with E-state index in [1.807, 2.05) is 0 Å². The van der Waals surface area contributed by atoms with Crippen LogP contribution in [0.4, 0.5) is 0 Å². The summed E-state index contributed by atoms with van der Waals surface area (Å²) in [5.41, 5.74) is 0. The number of rotatable bonds is 0. The second-order valence-electron chi connectivity index (χ2n) is 0.152. The topological polar surface area (TPSA) is 0 Å². The third-order valence-corrected chi connectivity index (χ3v) is 0. The van der Waals surface area contributed by atoms with E-state index in [1.165, 1.54) is 0 Å². The zero-order valence-corrected chi connectivity index (χ0v) is 6.16. The van der Waals surface area contributed by atoms with Crippen molar-refractivity contribution in [3.8, 4) is 0 Å². The summed E-state index contributed by atoms with van der Waals surface area (Å²) in [6, 6.07) is 0. The second kappa shape index (κ2) is 5.88. The minimum Gasteiger partial charge on any atom is 0 e. The molecule has 5 heavy (non-hydrogen) atoms. The van der Waals surface area contributed by atoms with Crippen molar-refractivity contribution in [3.05, 3.63) is 0 Å². The summed E-state index contributed by atoms with van der Waals surface area (Å²) in [6.07, 6.45) is 0. The standard InChI is InChI=1S/3ClH.Fe.Ni/h3*1H;;/q;;;+3;/p-3. The third kappa shape index (κ3) is 25.0. The van der Waals surface area contributed by atoms with E-state index in [9.17, 15) is 0 Å². The zero-order chi connectivity index (χ0) is 3.58. The Morgan fingerprint density at radius 2 is 1.00 bits per heavy atom. The van der Waals surface area contributed by atoms with Gasteiger partial charge in [-0.1, -0.05) is 0 Å². The maximum atomic E-state index is 4.89. The summed E-state index contributed by atoms with van der Waals surface area (Å²) < 4.78 is 0. The van der Waals surface area contributed by atoms with Crippen molar-refractivity contribution >= 4 is 30.3 Å². The van der Waals surface area contributed by atoms with Crippen LogP contribution in [0.5, 0.6) is 0 Å². The Bertz CT molecular complexity index is 11.6. The molecule has 0 aliphatic rings. The smallest absolute Gasteiger partial charge is 0 e. The first-order valence-corrected chi connectivity index (χ1v) is 4.96. The third-order valence-electron chi connectivity index (χ3n) is 0. The van der Waals surface area contributed by atoms with Gasteiger partial charge in [0, 0.05) is 16.5 Å². The number of hydrogen-bond donors (Lipinski definition) is 0. The van der Waals surface area contributed by atoms with E-state index < -0.39 is 11.2 Å². The molecule has 0 aliphatic heterocycles. The van der Waals surface area contributed by atoms with Crippen molar-refractivity contribution in [2.75, 3.05) is 0 Å². The first-order chi connectivity index (χ1) is 1.73. The molecule has 0 fully saturated rings. The van der Waals surface area contributed by atoms with E-state index in [2.05, 4.69) is 0 Å². The fourth-order valence-corrected chi connectivity index (χ4v) is 0. The molecule has 0 amide bonds. The Morgan fingerprint density at radius 3 is 1.00 bits per heavy atom. The molecule has 0 aromatic carbocycles. The molecule has 0 saturated carbocycles. The summed E-state index contributed by atoms with van der Waals surface area (Å²) >= 11 is -1.33. The number of halogens is 3. The van der Waals surface area contributed by atoms with Gasteiger partial charge in [-0.2, -0.15) is 0 Å². The van der Waals surface area contributed by atoms with E-state index in [4.69, 9.17) is 30.3 Å². The Labute approximate surface area is 57.6 Å². The quantitative estimate of drug-likeness (QED) is 0.549. The van der Waals surface area contributed by atoms with E-state index in [0.29, 0.717) is 0 Å².